The summed E-state index contributed by atoms with van der Waals surface area (Å²) in [6.45, 7) is 2.65. The number of amides is 1. The van der Waals surface area contributed by atoms with Crippen molar-refractivity contribution >= 4 is 17.4 Å². The van der Waals surface area contributed by atoms with Crippen molar-refractivity contribution in [1.29, 1.82) is 0 Å². The Morgan fingerprint density at radius 2 is 1.93 bits per heavy atom. The van der Waals surface area contributed by atoms with Crippen molar-refractivity contribution in [3.8, 4) is 11.5 Å². The van der Waals surface area contributed by atoms with E-state index in [2.05, 4.69) is 15.6 Å². The van der Waals surface area contributed by atoms with Crippen molar-refractivity contribution in [3.05, 3.63) is 77.5 Å². The zero-order valence-corrected chi connectivity index (χ0v) is 14.9. The number of fused-ring (bicyclic) bond motifs is 1. The van der Waals surface area contributed by atoms with Crippen molar-refractivity contribution < 1.29 is 14.3 Å². The van der Waals surface area contributed by atoms with Gasteiger partial charge in [0.15, 0.2) is 11.5 Å². The summed E-state index contributed by atoms with van der Waals surface area (Å²) in [5, 5.41) is 6.17. The number of carbonyl (C=O) groups is 1. The maximum absolute atomic E-state index is 12.5. The number of rotatable bonds is 5. The van der Waals surface area contributed by atoms with Gasteiger partial charge in [0.2, 0.25) is 6.79 Å². The van der Waals surface area contributed by atoms with Crippen LogP contribution in [0.4, 0.5) is 11.5 Å². The lowest BCUT2D eigenvalue weighted by Crippen LogP contribution is -2.22. The van der Waals surface area contributed by atoms with Gasteiger partial charge in [-0.25, -0.2) is 4.98 Å². The molecule has 0 saturated carbocycles. The van der Waals surface area contributed by atoms with E-state index in [1.807, 2.05) is 49.4 Å². The molecule has 0 atom stereocenters. The summed E-state index contributed by atoms with van der Waals surface area (Å²) in [6.07, 6.45) is 1.62. The minimum absolute atomic E-state index is 0.164. The molecule has 1 amide bonds. The summed E-state index contributed by atoms with van der Waals surface area (Å²) in [6, 6.07) is 17.0. The van der Waals surface area contributed by atoms with Crippen LogP contribution < -0.4 is 20.1 Å². The molecule has 2 N–H and O–H groups in total. The molecule has 0 unspecified atom stereocenters. The van der Waals surface area contributed by atoms with E-state index in [0.717, 1.165) is 22.6 Å². The Morgan fingerprint density at radius 3 is 2.81 bits per heavy atom. The van der Waals surface area contributed by atoms with Crippen LogP contribution >= 0.6 is 0 Å². The number of nitrogens with one attached hydrogen (secondary N) is 2. The van der Waals surface area contributed by atoms with E-state index in [1.54, 1.807) is 18.3 Å². The average Bonchev–Trinajstić information content (AvgIpc) is 3.16. The zero-order chi connectivity index (χ0) is 18.6. The van der Waals surface area contributed by atoms with Crippen molar-refractivity contribution in [2.24, 2.45) is 0 Å². The fraction of sp³-hybridized carbons (Fsp3) is 0.143. The molecule has 1 aromatic heterocycles. The molecule has 27 heavy (non-hydrogen) atoms. The van der Waals surface area contributed by atoms with E-state index < -0.39 is 0 Å². The molecule has 2 aromatic carbocycles. The lowest BCUT2D eigenvalue weighted by atomic mass is 10.2. The van der Waals surface area contributed by atoms with Crippen LogP contribution in [0.3, 0.4) is 0 Å². The molecular weight excluding hydrogens is 342 g/mol. The third kappa shape index (κ3) is 3.84. The molecular formula is C21H19N3O3. The Balaban J connectivity index is 1.42. The number of aryl methyl sites for hydroxylation is 1. The number of para-hydroxylation sites is 1. The summed E-state index contributed by atoms with van der Waals surface area (Å²) in [7, 11) is 0. The van der Waals surface area contributed by atoms with Gasteiger partial charge < -0.3 is 20.1 Å². The van der Waals surface area contributed by atoms with E-state index >= 15 is 0 Å². The Labute approximate surface area is 157 Å². The first kappa shape index (κ1) is 16.9. The van der Waals surface area contributed by atoms with Gasteiger partial charge in [0.05, 0.1) is 0 Å². The highest BCUT2D eigenvalue weighted by atomic mass is 16.7. The van der Waals surface area contributed by atoms with Crippen LogP contribution in [0.2, 0.25) is 0 Å². The van der Waals surface area contributed by atoms with Gasteiger partial charge in [-0.1, -0.05) is 24.3 Å². The number of aromatic nitrogens is 1. The fourth-order valence-electron chi connectivity index (χ4n) is 2.83. The highest BCUT2D eigenvalue weighted by Gasteiger charge is 2.14. The third-order valence-corrected chi connectivity index (χ3v) is 4.32. The summed E-state index contributed by atoms with van der Waals surface area (Å²) >= 11 is 0. The number of anilines is 2. The van der Waals surface area contributed by atoms with Gasteiger partial charge in [-0.15, -0.1) is 0 Å². The normalized spacial score (nSPS) is 11.9. The summed E-state index contributed by atoms with van der Waals surface area (Å²) in [4.78, 5) is 16.8. The van der Waals surface area contributed by atoms with E-state index in [4.69, 9.17) is 9.47 Å². The molecule has 6 nitrogen and oxygen atoms in total. The number of hydrogen-bond acceptors (Lipinski definition) is 5. The van der Waals surface area contributed by atoms with Crippen LogP contribution in [0.15, 0.2) is 60.8 Å². The smallest absolute Gasteiger partial charge is 0.251 e. The van der Waals surface area contributed by atoms with Crippen molar-refractivity contribution in [1.82, 2.24) is 10.3 Å². The molecule has 3 aromatic rings. The Morgan fingerprint density at radius 1 is 1.07 bits per heavy atom. The largest absolute Gasteiger partial charge is 0.454 e. The number of nitrogens with zero attached hydrogens (tertiary/aromatic N) is 1. The number of carbonyl (C=O) groups excluding carboxylic acids is 1. The van der Waals surface area contributed by atoms with Crippen molar-refractivity contribution in [2.45, 2.75) is 13.5 Å². The highest BCUT2D eigenvalue weighted by molar-refractivity contribution is 5.94. The van der Waals surface area contributed by atoms with Gasteiger partial charge in [-0.2, -0.15) is 0 Å². The number of pyridine rings is 1. The summed E-state index contributed by atoms with van der Waals surface area (Å²) in [5.74, 6) is 1.89. The van der Waals surface area contributed by atoms with Crippen LogP contribution in [0, 0.1) is 6.92 Å². The van der Waals surface area contributed by atoms with Gasteiger partial charge in [-0.3, -0.25) is 4.79 Å². The van der Waals surface area contributed by atoms with Crippen LogP contribution in [-0.2, 0) is 6.54 Å². The standard InChI is InChI=1S/C21H19N3O3/c1-14-4-2-3-5-17(14)24-20-11-16(8-9-22-20)21(25)23-12-15-6-7-18-19(10-15)27-13-26-18/h2-11H,12-13H2,1H3,(H,22,24)(H,23,25). The Bertz CT molecular complexity index is 988. The molecule has 0 saturated heterocycles. The molecule has 0 bridgehead atoms. The Kier molecular flexibility index (Phi) is 4.61. The molecule has 1 aliphatic rings. The molecule has 0 aliphatic carbocycles. The Hall–Kier alpha value is -3.54. The second-order valence-corrected chi connectivity index (χ2v) is 6.24. The van der Waals surface area contributed by atoms with Gasteiger partial charge in [0, 0.05) is 24.0 Å². The van der Waals surface area contributed by atoms with E-state index in [0.29, 0.717) is 23.7 Å². The summed E-state index contributed by atoms with van der Waals surface area (Å²) in [5.41, 5.74) is 3.56. The number of hydrogen-bond donors (Lipinski definition) is 2. The van der Waals surface area contributed by atoms with E-state index in [-0.39, 0.29) is 12.7 Å². The lowest BCUT2D eigenvalue weighted by Gasteiger charge is -2.10. The maximum atomic E-state index is 12.5. The van der Waals surface area contributed by atoms with Gasteiger partial charge in [0.25, 0.3) is 5.91 Å². The molecule has 4 rings (SSSR count). The second-order valence-electron chi connectivity index (χ2n) is 6.24. The van der Waals surface area contributed by atoms with Crippen LogP contribution in [0.5, 0.6) is 11.5 Å². The minimum atomic E-state index is -0.164. The maximum Gasteiger partial charge on any atom is 0.251 e. The SMILES string of the molecule is Cc1ccccc1Nc1cc(C(=O)NCc2ccc3c(c2)OCO3)ccn1. The fourth-order valence-corrected chi connectivity index (χ4v) is 2.83. The predicted molar refractivity (Wildman–Crippen MR) is 102 cm³/mol. The van der Waals surface area contributed by atoms with E-state index in [1.165, 1.54) is 0 Å². The summed E-state index contributed by atoms with van der Waals surface area (Å²) < 4.78 is 10.7. The monoisotopic (exact) mass is 361 g/mol. The molecule has 0 radical (unpaired) electrons. The second kappa shape index (κ2) is 7.37. The van der Waals surface area contributed by atoms with Crippen LogP contribution in [0.1, 0.15) is 21.5 Å². The molecule has 6 heteroatoms. The highest BCUT2D eigenvalue weighted by Crippen LogP contribution is 2.32. The topological polar surface area (TPSA) is 72.5 Å². The van der Waals surface area contributed by atoms with Crippen molar-refractivity contribution in [2.75, 3.05) is 12.1 Å². The van der Waals surface area contributed by atoms with Gasteiger partial charge in [0.1, 0.15) is 5.82 Å². The quantitative estimate of drug-likeness (QED) is 0.723. The van der Waals surface area contributed by atoms with Gasteiger partial charge >= 0.3 is 0 Å². The van der Waals surface area contributed by atoms with E-state index in [9.17, 15) is 4.79 Å². The van der Waals surface area contributed by atoms with Crippen LogP contribution in [-0.4, -0.2) is 17.7 Å². The third-order valence-electron chi connectivity index (χ3n) is 4.32. The first-order valence-corrected chi connectivity index (χ1v) is 8.64. The van der Waals surface area contributed by atoms with Crippen LogP contribution in [0.25, 0.3) is 0 Å². The average molecular weight is 361 g/mol. The number of ether oxygens (including phenoxy) is 2. The van der Waals surface area contributed by atoms with Crippen molar-refractivity contribution in [3.63, 3.8) is 0 Å². The molecule has 2 heterocycles. The van der Waals surface area contributed by atoms with Gasteiger partial charge in [-0.05, 0) is 48.4 Å². The molecule has 136 valence electrons. The zero-order valence-electron chi connectivity index (χ0n) is 14.9. The minimum Gasteiger partial charge on any atom is -0.454 e. The predicted octanol–water partition coefficient (Wildman–Crippen LogP) is 3.79. The molecule has 1 aliphatic heterocycles. The molecule has 0 fully saturated rings. The first-order chi connectivity index (χ1) is 13.2. The number of benzene rings is 2. The lowest BCUT2D eigenvalue weighted by molar-refractivity contribution is 0.0950. The first-order valence-electron chi connectivity index (χ1n) is 8.64. The molecule has 0 spiro atoms.